The molecule has 0 aromatic heterocycles. The van der Waals surface area contributed by atoms with Crippen LogP contribution in [-0.2, 0) is 16.4 Å². The van der Waals surface area contributed by atoms with E-state index in [2.05, 4.69) is 15.2 Å². The molecule has 2 aliphatic carbocycles. The summed E-state index contributed by atoms with van der Waals surface area (Å²) in [7, 11) is -3.69. The van der Waals surface area contributed by atoms with E-state index in [1.807, 2.05) is 0 Å². The fourth-order valence-electron chi connectivity index (χ4n) is 3.98. The molecule has 9 heteroatoms. The molecule has 0 saturated heterocycles. The zero-order chi connectivity index (χ0) is 21.3. The predicted molar refractivity (Wildman–Crippen MR) is 114 cm³/mol. The average molecular weight is 448 g/mol. The lowest BCUT2D eigenvalue weighted by Gasteiger charge is -2.13. The number of nitrogens with one attached hydrogen (secondary N) is 2. The molecular weight excluding hydrogens is 426 g/mol. The highest BCUT2D eigenvalue weighted by molar-refractivity contribution is 7.89. The number of amides is 1. The number of carbonyl (C=O) groups excluding carboxylic acids is 1. The second-order valence-electron chi connectivity index (χ2n) is 7.55. The third kappa shape index (κ3) is 4.21. The number of benzene rings is 2. The van der Waals surface area contributed by atoms with Crippen LogP contribution in [0.2, 0.25) is 5.02 Å². The Bertz CT molecular complexity index is 1130. The molecule has 0 unspecified atom stereocenters. The molecule has 0 atom stereocenters. The van der Waals surface area contributed by atoms with E-state index in [1.54, 1.807) is 6.07 Å². The summed E-state index contributed by atoms with van der Waals surface area (Å²) in [5, 5.41) is 14.8. The normalized spacial score (nSPS) is 18.0. The quantitative estimate of drug-likeness (QED) is 0.611. The van der Waals surface area contributed by atoms with Gasteiger partial charge in [0.1, 0.15) is 5.75 Å². The van der Waals surface area contributed by atoms with Crippen molar-refractivity contribution < 1.29 is 18.3 Å². The molecule has 0 spiro atoms. The van der Waals surface area contributed by atoms with E-state index in [4.69, 9.17) is 11.6 Å². The van der Waals surface area contributed by atoms with E-state index in [1.165, 1.54) is 30.3 Å². The van der Waals surface area contributed by atoms with Crippen molar-refractivity contribution in [2.75, 3.05) is 0 Å². The Morgan fingerprint density at radius 2 is 1.90 bits per heavy atom. The fourth-order valence-corrected chi connectivity index (χ4v) is 5.58. The van der Waals surface area contributed by atoms with Crippen molar-refractivity contribution in [2.45, 2.75) is 49.5 Å². The first-order chi connectivity index (χ1) is 14.3. The van der Waals surface area contributed by atoms with Crippen molar-refractivity contribution in [3.8, 4) is 5.75 Å². The fraction of sp³-hybridized carbons (Fsp3) is 0.333. The van der Waals surface area contributed by atoms with Gasteiger partial charge in [-0.2, -0.15) is 5.10 Å². The molecule has 0 bridgehead atoms. The monoisotopic (exact) mass is 447 g/mol. The van der Waals surface area contributed by atoms with Crippen LogP contribution >= 0.6 is 11.6 Å². The van der Waals surface area contributed by atoms with Crippen LogP contribution < -0.4 is 10.1 Å². The Morgan fingerprint density at radius 1 is 1.13 bits per heavy atom. The molecule has 3 N–H and O–H groups in total. The van der Waals surface area contributed by atoms with Gasteiger partial charge in [0.2, 0.25) is 10.0 Å². The van der Waals surface area contributed by atoms with Gasteiger partial charge in [-0.3, -0.25) is 4.79 Å². The van der Waals surface area contributed by atoms with Gasteiger partial charge >= 0.3 is 0 Å². The van der Waals surface area contributed by atoms with Crippen molar-refractivity contribution in [1.82, 2.24) is 10.1 Å². The highest BCUT2D eigenvalue weighted by Gasteiger charge is 2.25. The Kier molecular flexibility index (Phi) is 5.81. The number of hydrazone groups is 1. The van der Waals surface area contributed by atoms with Crippen molar-refractivity contribution >= 4 is 33.2 Å². The average Bonchev–Trinajstić information content (AvgIpc) is 3.39. The summed E-state index contributed by atoms with van der Waals surface area (Å²) >= 11 is 6.17. The van der Waals surface area contributed by atoms with Gasteiger partial charge in [0.15, 0.2) is 0 Å². The van der Waals surface area contributed by atoms with Crippen LogP contribution in [0.3, 0.4) is 0 Å². The summed E-state index contributed by atoms with van der Waals surface area (Å²) in [6.45, 7) is 0. The molecule has 1 fully saturated rings. The summed E-state index contributed by atoms with van der Waals surface area (Å²) in [5.74, 6) is -0.471. The highest BCUT2D eigenvalue weighted by atomic mass is 35.5. The first-order valence-electron chi connectivity index (χ1n) is 9.85. The number of aromatic hydroxyl groups is 1. The number of phenols is 1. The second-order valence-corrected chi connectivity index (χ2v) is 9.67. The molecule has 2 aliphatic rings. The van der Waals surface area contributed by atoms with Crippen LogP contribution in [0.25, 0.3) is 0 Å². The van der Waals surface area contributed by atoms with E-state index < -0.39 is 15.9 Å². The molecule has 0 heterocycles. The van der Waals surface area contributed by atoms with Crippen LogP contribution in [0.5, 0.6) is 5.75 Å². The Morgan fingerprint density at radius 3 is 2.67 bits per heavy atom. The topological polar surface area (TPSA) is 108 Å². The number of phenolic OH excluding ortho intramolecular Hbond substituents is 1. The van der Waals surface area contributed by atoms with Gasteiger partial charge in [-0.15, -0.1) is 0 Å². The minimum Gasteiger partial charge on any atom is -0.507 e. The summed E-state index contributed by atoms with van der Waals surface area (Å²) in [6.07, 6.45) is 4.84. The maximum Gasteiger partial charge on any atom is 0.271 e. The lowest BCUT2D eigenvalue weighted by Crippen LogP contribution is -2.32. The van der Waals surface area contributed by atoms with Crippen molar-refractivity contribution in [3.05, 3.63) is 58.1 Å². The van der Waals surface area contributed by atoms with E-state index in [9.17, 15) is 18.3 Å². The smallest absolute Gasteiger partial charge is 0.271 e. The van der Waals surface area contributed by atoms with Gasteiger partial charge in [0.25, 0.3) is 5.91 Å². The maximum atomic E-state index is 12.6. The first-order valence-corrected chi connectivity index (χ1v) is 11.7. The zero-order valence-corrected chi connectivity index (χ0v) is 17.8. The van der Waals surface area contributed by atoms with Gasteiger partial charge in [-0.05, 0) is 61.6 Å². The van der Waals surface area contributed by atoms with Gasteiger partial charge in [-0.1, -0.05) is 30.5 Å². The van der Waals surface area contributed by atoms with Crippen molar-refractivity contribution in [3.63, 3.8) is 0 Å². The minimum atomic E-state index is -3.69. The number of hydrogen-bond acceptors (Lipinski definition) is 5. The molecule has 158 valence electrons. The molecule has 7 nitrogen and oxygen atoms in total. The van der Waals surface area contributed by atoms with Gasteiger partial charge in [-0.25, -0.2) is 18.6 Å². The highest BCUT2D eigenvalue weighted by Crippen LogP contribution is 2.35. The molecular formula is C21H22ClN3O4S. The largest absolute Gasteiger partial charge is 0.507 e. The first kappa shape index (κ1) is 20.8. The number of fused-ring (bicyclic) bond motifs is 1. The number of halogens is 1. The molecule has 2 aromatic carbocycles. The molecule has 0 aliphatic heterocycles. The summed E-state index contributed by atoms with van der Waals surface area (Å²) < 4.78 is 28.0. The van der Waals surface area contributed by atoms with Crippen LogP contribution in [0.4, 0.5) is 0 Å². The number of hydrogen-bond donors (Lipinski definition) is 3. The lowest BCUT2D eigenvalue weighted by atomic mass is 10.1. The predicted octanol–water partition coefficient (Wildman–Crippen LogP) is 3.35. The van der Waals surface area contributed by atoms with E-state index >= 15 is 0 Å². The molecule has 1 saturated carbocycles. The Balaban J connectivity index is 1.51. The third-order valence-electron chi connectivity index (χ3n) is 5.51. The van der Waals surface area contributed by atoms with Gasteiger partial charge < -0.3 is 5.11 Å². The molecule has 1 amide bonds. The van der Waals surface area contributed by atoms with Crippen LogP contribution in [0.1, 0.15) is 53.6 Å². The van der Waals surface area contributed by atoms with Gasteiger partial charge in [0, 0.05) is 22.2 Å². The second kappa shape index (κ2) is 8.37. The molecule has 2 aromatic rings. The van der Waals surface area contributed by atoms with E-state index in [-0.39, 0.29) is 22.3 Å². The van der Waals surface area contributed by atoms with Crippen LogP contribution in [-0.4, -0.2) is 31.2 Å². The van der Waals surface area contributed by atoms with Crippen molar-refractivity contribution in [1.29, 1.82) is 0 Å². The number of sulfonamides is 1. The SMILES string of the molecule is O=C(N/N=C1\CCc2c(Cl)ccc(O)c21)c1cccc(S(=O)(=O)NC2CCCC2)c1. The maximum absolute atomic E-state index is 12.6. The standard InChI is InChI=1S/C21H22ClN3O4S/c22-17-9-11-19(26)20-16(17)8-10-18(20)23-24-21(27)13-4-3-7-15(12-13)30(28,29)25-14-5-1-2-6-14/h3-4,7,9,11-12,14,25-26H,1-2,5-6,8,10H2,(H,24,27)/b23-18+. The zero-order valence-electron chi connectivity index (χ0n) is 16.2. The Labute approximate surface area is 180 Å². The van der Waals surface area contributed by atoms with E-state index in [0.717, 1.165) is 31.2 Å². The Hall–Kier alpha value is -2.42. The summed E-state index contributed by atoms with van der Waals surface area (Å²) in [6, 6.07) is 8.93. The third-order valence-corrected chi connectivity index (χ3v) is 7.38. The molecule has 0 radical (unpaired) electrons. The van der Waals surface area contributed by atoms with Crippen LogP contribution in [0, 0.1) is 0 Å². The summed E-state index contributed by atoms with van der Waals surface area (Å²) in [5.41, 5.74) is 4.52. The minimum absolute atomic E-state index is 0.0466. The van der Waals surface area contributed by atoms with Crippen molar-refractivity contribution in [2.24, 2.45) is 5.10 Å². The number of carbonyl (C=O) groups is 1. The lowest BCUT2D eigenvalue weighted by molar-refractivity contribution is 0.0954. The van der Waals surface area contributed by atoms with Gasteiger partial charge in [0.05, 0.1) is 10.6 Å². The van der Waals surface area contributed by atoms with E-state index in [0.29, 0.717) is 29.1 Å². The number of rotatable bonds is 5. The molecule has 4 rings (SSSR count). The molecule has 30 heavy (non-hydrogen) atoms. The van der Waals surface area contributed by atoms with Crippen LogP contribution in [0.15, 0.2) is 46.4 Å². The summed E-state index contributed by atoms with van der Waals surface area (Å²) in [4.78, 5) is 12.6. The number of nitrogens with zero attached hydrogens (tertiary/aromatic N) is 1.